The van der Waals surface area contributed by atoms with E-state index in [0.29, 0.717) is 11.2 Å². The smallest absolute Gasteiger partial charge is 0.264 e. The minimum atomic E-state index is -4.50. The highest BCUT2D eigenvalue weighted by Crippen LogP contribution is 2.34. The van der Waals surface area contributed by atoms with Crippen LogP contribution in [0.1, 0.15) is 5.69 Å². The zero-order valence-electron chi connectivity index (χ0n) is 9.59. The molecule has 0 saturated heterocycles. The Morgan fingerprint density at radius 3 is 2.42 bits per heavy atom. The predicted octanol–water partition coefficient (Wildman–Crippen LogP) is 3.44. The number of alkyl halides is 3. The van der Waals surface area contributed by atoms with E-state index in [-0.39, 0.29) is 5.39 Å². The third-order valence-corrected chi connectivity index (χ3v) is 2.75. The average Bonchev–Trinajstić information content (AvgIpc) is 2.79. The van der Waals surface area contributed by atoms with Gasteiger partial charge < -0.3 is 0 Å². The third-order valence-electron chi connectivity index (χ3n) is 2.75. The topological polar surface area (TPSA) is 30.7 Å². The fraction of sp³-hybridized carbons (Fsp3) is 0.0769. The van der Waals surface area contributed by atoms with Crippen molar-refractivity contribution >= 4 is 10.9 Å². The number of hydrogen-bond acceptors (Lipinski definition) is 2. The van der Waals surface area contributed by atoms with Crippen LogP contribution in [0.3, 0.4) is 0 Å². The van der Waals surface area contributed by atoms with Crippen molar-refractivity contribution < 1.29 is 13.2 Å². The maximum Gasteiger partial charge on any atom is 0.435 e. The van der Waals surface area contributed by atoms with Crippen molar-refractivity contribution in [2.24, 2.45) is 0 Å². The Morgan fingerprint density at radius 2 is 1.74 bits per heavy atom. The zero-order chi connectivity index (χ0) is 13.5. The van der Waals surface area contributed by atoms with Crippen molar-refractivity contribution in [3.8, 4) is 5.69 Å². The molecule has 1 aromatic carbocycles. The molecule has 0 saturated carbocycles. The van der Waals surface area contributed by atoms with E-state index in [9.17, 15) is 13.2 Å². The molecule has 0 atom stereocenters. The molecule has 0 spiro atoms. The third kappa shape index (κ3) is 1.95. The van der Waals surface area contributed by atoms with Gasteiger partial charge in [0.1, 0.15) is 0 Å². The van der Waals surface area contributed by atoms with Crippen LogP contribution in [0.5, 0.6) is 0 Å². The van der Waals surface area contributed by atoms with Crippen LogP contribution >= 0.6 is 0 Å². The Labute approximate surface area is 106 Å². The summed E-state index contributed by atoms with van der Waals surface area (Å²) in [7, 11) is 0. The number of fused-ring (bicyclic) bond motifs is 1. The fourth-order valence-electron chi connectivity index (χ4n) is 1.94. The van der Waals surface area contributed by atoms with E-state index in [4.69, 9.17) is 0 Å². The number of para-hydroxylation sites is 1. The average molecular weight is 263 g/mol. The summed E-state index contributed by atoms with van der Waals surface area (Å²) in [5.41, 5.74) is 0.0437. The van der Waals surface area contributed by atoms with Crippen molar-refractivity contribution in [1.29, 1.82) is 0 Å². The number of benzene rings is 1. The largest absolute Gasteiger partial charge is 0.435 e. The lowest BCUT2D eigenvalue weighted by atomic mass is 10.2. The van der Waals surface area contributed by atoms with E-state index < -0.39 is 11.9 Å². The fourth-order valence-corrected chi connectivity index (χ4v) is 1.94. The number of halogens is 3. The first-order valence-electron chi connectivity index (χ1n) is 5.53. The molecular weight excluding hydrogens is 255 g/mol. The Hall–Kier alpha value is -2.37. The molecule has 0 bridgehead atoms. The lowest BCUT2D eigenvalue weighted by Gasteiger charge is -2.02. The molecular formula is C13H8F3N3. The molecule has 0 radical (unpaired) electrons. The second-order valence-electron chi connectivity index (χ2n) is 3.99. The molecule has 0 fully saturated rings. The molecule has 0 aliphatic rings. The maximum absolute atomic E-state index is 12.9. The maximum atomic E-state index is 12.9. The first-order chi connectivity index (χ1) is 9.07. The number of hydrogen-bond donors (Lipinski definition) is 0. The van der Waals surface area contributed by atoms with Crippen molar-refractivity contribution in [3.05, 3.63) is 54.5 Å². The SMILES string of the molecule is FC(F)(F)c1nn(-c2ccccc2)c2ccncc12. The molecule has 0 unspecified atom stereocenters. The second kappa shape index (κ2) is 4.08. The van der Waals surface area contributed by atoms with Gasteiger partial charge in [0.05, 0.1) is 16.6 Å². The standard InChI is InChI=1S/C13H8F3N3/c14-13(15,16)12-10-8-17-7-6-11(10)19(18-12)9-4-2-1-3-5-9/h1-8H. The second-order valence-corrected chi connectivity index (χ2v) is 3.99. The van der Waals surface area contributed by atoms with Crippen LogP contribution in [0, 0.1) is 0 Å². The Bertz CT molecular complexity index is 717. The van der Waals surface area contributed by atoms with E-state index in [2.05, 4.69) is 10.1 Å². The van der Waals surface area contributed by atoms with Crippen LogP contribution in [-0.4, -0.2) is 14.8 Å². The van der Waals surface area contributed by atoms with Gasteiger partial charge in [0.2, 0.25) is 0 Å². The molecule has 3 rings (SSSR count). The Kier molecular flexibility index (Phi) is 2.51. The normalized spacial score (nSPS) is 11.9. The van der Waals surface area contributed by atoms with Crippen LogP contribution in [0.2, 0.25) is 0 Å². The van der Waals surface area contributed by atoms with Crippen molar-refractivity contribution in [1.82, 2.24) is 14.8 Å². The quantitative estimate of drug-likeness (QED) is 0.673. The first-order valence-corrected chi connectivity index (χ1v) is 5.53. The Morgan fingerprint density at radius 1 is 1.00 bits per heavy atom. The number of nitrogens with zero attached hydrogens (tertiary/aromatic N) is 3. The van der Waals surface area contributed by atoms with Gasteiger partial charge in [-0.3, -0.25) is 4.98 Å². The predicted molar refractivity (Wildman–Crippen MR) is 63.9 cm³/mol. The van der Waals surface area contributed by atoms with Gasteiger partial charge in [-0.1, -0.05) is 18.2 Å². The van der Waals surface area contributed by atoms with Crippen molar-refractivity contribution in [3.63, 3.8) is 0 Å². The molecule has 3 nitrogen and oxygen atoms in total. The molecule has 0 N–H and O–H groups in total. The summed E-state index contributed by atoms with van der Waals surface area (Å²) in [5, 5.41) is 3.68. The van der Waals surface area contributed by atoms with Crippen molar-refractivity contribution in [2.45, 2.75) is 6.18 Å². The number of rotatable bonds is 1. The monoisotopic (exact) mass is 263 g/mol. The highest BCUT2D eigenvalue weighted by atomic mass is 19.4. The molecule has 19 heavy (non-hydrogen) atoms. The lowest BCUT2D eigenvalue weighted by Crippen LogP contribution is -2.07. The van der Waals surface area contributed by atoms with Crippen LogP contribution < -0.4 is 0 Å². The molecule has 6 heteroatoms. The molecule has 96 valence electrons. The van der Waals surface area contributed by atoms with Gasteiger partial charge in [-0.2, -0.15) is 18.3 Å². The molecule has 0 aliphatic heterocycles. The summed E-state index contributed by atoms with van der Waals surface area (Å²) in [6.45, 7) is 0. The molecule has 0 amide bonds. The van der Waals surface area contributed by atoms with Crippen molar-refractivity contribution in [2.75, 3.05) is 0 Å². The van der Waals surface area contributed by atoms with Gasteiger partial charge in [0, 0.05) is 12.4 Å². The van der Waals surface area contributed by atoms with Gasteiger partial charge in [0.25, 0.3) is 0 Å². The van der Waals surface area contributed by atoms with Gasteiger partial charge in [-0.05, 0) is 18.2 Å². The zero-order valence-corrected chi connectivity index (χ0v) is 9.59. The summed E-state index contributed by atoms with van der Waals surface area (Å²) >= 11 is 0. The Balaban J connectivity index is 2.33. The number of pyridine rings is 1. The minimum absolute atomic E-state index is 0.00106. The van der Waals surface area contributed by atoms with Crippen LogP contribution in [0.15, 0.2) is 48.8 Å². The van der Waals surface area contributed by atoms with E-state index >= 15 is 0 Å². The first kappa shape index (κ1) is 11.7. The molecule has 0 aliphatic carbocycles. The van der Waals surface area contributed by atoms with E-state index in [1.165, 1.54) is 23.1 Å². The van der Waals surface area contributed by atoms with Crippen LogP contribution in [0.4, 0.5) is 13.2 Å². The summed E-state index contributed by atoms with van der Waals surface area (Å²) in [5.74, 6) is 0. The highest BCUT2D eigenvalue weighted by Gasteiger charge is 2.37. The van der Waals surface area contributed by atoms with Crippen LogP contribution in [-0.2, 0) is 6.18 Å². The highest BCUT2D eigenvalue weighted by molar-refractivity contribution is 5.82. The summed E-state index contributed by atoms with van der Waals surface area (Å²) in [4.78, 5) is 3.74. The summed E-state index contributed by atoms with van der Waals surface area (Å²) < 4.78 is 40.1. The van der Waals surface area contributed by atoms with Crippen LogP contribution in [0.25, 0.3) is 16.6 Å². The molecule has 2 aromatic heterocycles. The van der Waals surface area contributed by atoms with E-state index in [1.54, 1.807) is 30.3 Å². The lowest BCUT2D eigenvalue weighted by molar-refractivity contribution is -0.140. The number of aromatic nitrogens is 3. The minimum Gasteiger partial charge on any atom is -0.264 e. The van der Waals surface area contributed by atoms with Gasteiger partial charge in [0.15, 0.2) is 5.69 Å². The van der Waals surface area contributed by atoms with Gasteiger partial charge in [-0.15, -0.1) is 0 Å². The van der Waals surface area contributed by atoms with E-state index in [1.807, 2.05) is 0 Å². The molecule has 3 aromatic rings. The molecule has 2 heterocycles. The van der Waals surface area contributed by atoms with E-state index in [0.717, 1.165) is 0 Å². The summed E-state index contributed by atoms with van der Waals surface area (Å²) in [6.07, 6.45) is -1.87. The summed E-state index contributed by atoms with van der Waals surface area (Å²) in [6, 6.07) is 10.2. The van der Waals surface area contributed by atoms with Gasteiger partial charge >= 0.3 is 6.18 Å². The van der Waals surface area contributed by atoms with Gasteiger partial charge in [-0.25, -0.2) is 4.68 Å².